The number of ketones is 2. The molecule has 2 aromatic carbocycles. The number of aliphatic hydroxyl groups excluding tert-OH is 1. The van der Waals surface area contributed by atoms with Crippen molar-refractivity contribution in [2.45, 2.75) is 0 Å². The molecule has 0 fully saturated rings. The number of fused-ring (bicyclic) bond motifs is 1. The molecule has 0 aliphatic heterocycles. The maximum atomic E-state index is 12.2. The molecule has 0 unspecified atom stereocenters. The minimum Gasteiger partial charge on any atom is -0.506 e. The van der Waals surface area contributed by atoms with Gasteiger partial charge in [-0.05, 0) is 11.6 Å². The van der Waals surface area contributed by atoms with E-state index in [0.717, 1.165) is 5.56 Å². The van der Waals surface area contributed by atoms with Gasteiger partial charge in [0.25, 0.3) is 0 Å². The van der Waals surface area contributed by atoms with Gasteiger partial charge in [-0.25, -0.2) is 0 Å². The largest absolute Gasteiger partial charge is 0.506 e. The predicted octanol–water partition coefficient (Wildman–Crippen LogP) is 3.43. The molecule has 0 spiro atoms. The molecule has 3 nitrogen and oxygen atoms in total. The van der Waals surface area contributed by atoms with Gasteiger partial charge in [0.1, 0.15) is 11.3 Å². The number of hydrogen-bond acceptors (Lipinski definition) is 3. The van der Waals surface area contributed by atoms with Crippen LogP contribution in [0, 0.1) is 0 Å². The summed E-state index contributed by atoms with van der Waals surface area (Å²) in [6.45, 7) is 0. The van der Waals surface area contributed by atoms with Crippen LogP contribution in [-0.4, -0.2) is 16.7 Å². The van der Waals surface area contributed by atoms with E-state index >= 15 is 0 Å². The maximum Gasteiger partial charge on any atom is 0.201 e. The van der Waals surface area contributed by atoms with Crippen LogP contribution in [0.1, 0.15) is 21.5 Å². The third kappa shape index (κ3) is 2.30. The molecule has 0 amide bonds. The van der Waals surface area contributed by atoms with Crippen LogP contribution in [0.4, 0.5) is 0 Å². The van der Waals surface area contributed by atoms with Crippen LogP contribution in [0.5, 0.6) is 0 Å². The zero-order chi connectivity index (χ0) is 14.8. The smallest absolute Gasteiger partial charge is 0.201 e. The summed E-state index contributed by atoms with van der Waals surface area (Å²) < 4.78 is 0. The Kier molecular flexibility index (Phi) is 3.24. The fourth-order valence-corrected chi connectivity index (χ4v) is 2.31. The molecular formula is C18H12O3. The van der Waals surface area contributed by atoms with Gasteiger partial charge in [0.05, 0.1) is 0 Å². The lowest BCUT2D eigenvalue weighted by atomic mass is 10.1. The molecule has 21 heavy (non-hydrogen) atoms. The second-order valence-corrected chi connectivity index (χ2v) is 4.71. The normalized spacial score (nSPS) is 13.8. The van der Waals surface area contributed by atoms with Gasteiger partial charge in [0, 0.05) is 11.1 Å². The van der Waals surface area contributed by atoms with Crippen molar-refractivity contribution in [3.63, 3.8) is 0 Å². The number of hydrogen-bond donors (Lipinski definition) is 1. The third-order valence-corrected chi connectivity index (χ3v) is 3.36. The minimum atomic E-state index is -0.488. The number of carbonyl (C=O) groups excluding carboxylic acids is 2. The number of allylic oxidation sites excluding steroid dienone is 2. The SMILES string of the molecule is O=C(/C=C/c1ccccc1)C1=C(O)c2ccccc2C1=O. The van der Waals surface area contributed by atoms with Crippen molar-refractivity contribution < 1.29 is 14.7 Å². The highest BCUT2D eigenvalue weighted by Gasteiger charge is 2.32. The van der Waals surface area contributed by atoms with Gasteiger partial charge in [0.2, 0.25) is 5.78 Å². The highest BCUT2D eigenvalue weighted by Crippen LogP contribution is 2.31. The Bertz CT molecular complexity index is 783. The molecule has 3 rings (SSSR count). The molecule has 0 atom stereocenters. The topological polar surface area (TPSA) is 54.4 Å². The van der Waals surface area contributed by atoms with Crippen molar-refractivity contribution in [3.8, 4) is 0 Å². The molecular weight excluding hydrogens is 264 g/mol. The van der Waals surface area contributed by atoms with Crippen LogP contribution in [-0.2, 0) is 4.79 Å². The lowest BCUT2D eigenvalue weighted by Crippen LogP contribution is -2.08. The van der Waals surface area contributed by atoms with Crippen LogP contribution in [0.3, 0.4) is 0 Å². The van der Waals surface area contributed by atoms with Crippen LogP contribution in [0.2, 0.25) is 0 Å². The number of carbonyl (C=O) groups is 2. The first-order chi connectivity index (χ1) is 10.2. The first-order valence-corrected chi connectivity index (χ1v) is 6.53. The van der Waals surface area contributed by atoms with Crippen molar-refractivity contribution in [1.29, 1.82) is 0 Å². The average molecular weight is 276 g/mol. The maximum absolute atomic E-state index is 12.2. The van der Waals surface area contributed by atoms with Crippen LogP contribution >= 0.6 is 0 Å². The molecule has 0 saturated heterocycles. The van der Waals surface area contributed by atoms with Crippen molar-refractivity contribution in [1.82, 2.24) is 0 Å². The zero-order valence-electron chi connectivity index (χ0n) is 11.1. The van der Waals surface area contributed by atoms with Gasteiger partial charge in [-0.2, -0.15) is 0 Å². The van der Waals surface area contributed by atoms with Crippen molar-refractivity contribution in [3.05, 3.63) is 82.9 Å². The van der Waals surface area contributed by atoms with E-state index in [9.17, 15) is 14.7 Å². The summed E-state index contributed by atoms with van der Waals surface area (Å²) >= 11 is 0. The van der Waals surface area contributed by atoms with E-state index in [-0.39, 0.29) is 11.3 Å². The van der Waals surface area contributed by atoms with E-state index < -0.39 is 11.6 Å². The lowest BCUT2D eigenvalue weighted by Gasteiger charge is -1.96. The van der Waals surface area contributed by atoms with E-state index in [0.29, 0.717) is 11.1 Å². The average Bonchev–Trinajstić information content (AvgIpc) is 2.78. The van der Waals surface area contributed by atoms with E-state index in [2.05, 4.69) is 0 Å². The van der Waals surface area contributed by atoms with E-state index in [1.165, 1.54) is 6.08 Å². The van der Waals surface area contributed by atoms with Gasteiger partial charge in [-0.1, -0.05) is 60.7 Å². The fraction of sp³-hybridized carbons (Fsp3) is 0. The highest BCUT2D eigenvalue weighted by molar-refractivity contribution is 6.36. The second-order valence-electron chi connectivity index (χ2n) is 4.71. The highest BCUT2D eigenvalue weighted by atomic mass is 16.3. The Morgan fingerprint density at radius 1 is 0.905 bits per heavy atom. The van der Waals surface area contributed by atoms with Gasteiger partial charge in [-0.3, -0.25) is 9.59 Å². The Balaban J connectivity index is 1.92. The van der Waals surface area contributed by atoms with Crippen molar-refractivity contribution >= 4 is 23.4 Å². The molecule has 0 aromatic heterocycles. The van der Waals surface area contributed by atoms with Gasteiger partial charge >= 0.3 is 0 Å². The number of rotatable bonds is 3. The molecule has 1 aliphatic rings. The number of Topliss-reactive ketones (excluding diaryl/α,β-unsaturated/α-hetero) is 1. The summed E-state index contributed by atoms with van der Waals surface area (Å²) in [5, 5.41) is 10.1. The molecule has 0 bridgehead atoms. The van der Waals surface area contributed by atoms with Crippen LogP contribution in [0.15, 0.2) is 66.2 Å². The number of benzene rings is 2. The minimum absolute atomic E-state index is 0.164. The van der Waals surface area contributed by atoms with E-state index in [1.807, 2.05) is 30.3 Å². The Hall–Kier alpha value is -2.94. The Morgan fingerprint density at radius 2 is 1.52 bits per heavy atom. The first kappa shape index (κ1) is 13.1. The Labute approximate surface area is 121 Å². The van der Waals surface area contributed by atoms with Crippen LogP contribution in [0.25, 0.3) is 11.8 Å². The van der Waals surface area contributed by atoms with E-state index in [1.54, 1.807) is 30.3 Å². The molecule has 2 aromatic rings. The van der Waals surface area contributed by atoms with Crippen LogP contribution < -0.4 is 0 Å². The van der Waals surface area contributed by atoms with E-state index in [4.69, 9.17) is 0 Å². The summed E-state index contributed by atoms with van der Waals surface area (Å²) in [5.41, 5.74) is 1.47. The van der Waals surface area contributed by atoms with Gasteiger partial charge in [0.15, 0.2) is 5.78 Å². The molecule has 3 heteroatoms. The summed E-state index contributed by atoms with van der Waals surface area (Å²) in [6.07, 6.45) is 2.93. The van der Waals surface area contributed by atoms with Gasteiger partial charge in [-0.15, -0.1) is 0 Å². The van der Waals surface area contributed by atoms with Gasteiger partial charge < -0.3 is 5.11 Å². The summed E-state index contributed by atoms with van der Waals surface area (Å²) in [5.74, 6) is -1.15. The monoisotopic (exact) mass is 276 g/mol. The molecule has 0 radical (unpaired) electrons. The third-order valence-electron chi connectivity index (χ3n) is 3.36. The molecule has 1 N–H and O–H groups in total. The number of aliphatic hydroxyl groups is 1. The lowest BCUT2D eigenvalue weighted by molar-refractivity contribution is -0.110. The second kappa shape index (κ2) is 5.21. The predicted molar refractivity (Wildman–Crippen MR) is 80.8 cm³/mol. The first-order valence-electron chi connectivity index (χ1n) is 6.53. The zero-order valence-corrected chi connectivity index (χ0v) is 11.1. The standard InChI is InChI=1S/C18H12O3/c19-15(11-10-12-6-2-1-3-7-12)16-17(20)13-8-4-5-9-14(13)18(16)21/h1-11,20H/b11-10+. The van der Waals surface area contributed by atoms with Crippen molar-refractivity contribution in [2.24, 2.45) is 0 Å². The quantitative estimate of drug-likeness (QED) is 0.690. The molecule has 0 saturated carbocycles. The van der Waals surface area contributed by atoms with Crippen molar-refractivity contribution in [2.75, 3.05) is 0 Å². The summed E-state index contributed by atoms with van der Waals surface area (Å²) in [4.78, 5) is 24.4. The fourth-order valence-electron chi connectivity index (χ4n) is 2.31. The molecule has 0 heterocycles. The molecule has 102 valence electrons. The summed E-state index contributed by atoms with van der Waals surface area (Å²) in [6, 6.07) is 16.0. The summed E-state index contributed by atoms with van der Waals surface area (Å²) in [7, 11) is 0. The molecule has 1 aliphatic carbocycles. The Morgan fingerprint density at radius 3 is 2.19 bits per heavy atom.